The van der Waals surface area contributed by atoms with Crippen molar-refractivity contribution in [2.45, 2.75) is 58.0 Å². The number of nitrogens with zero attached hydrogens (tertiary/aromatic N) is 2. The Hall–Kier alpha value is -2.29. The van der Waals surface area contributed by atoms with E-state index in [1.165, 1.54) is 28.8 Å². The van der Waals surface area contributed by atoms with Crippen molar-refractivity contribution < 1.29 is 14.5 Å². The topological polar surface area (TPSA) is 92.6 Å². The molecule has 0 bridgehead atoms. The third-order valence-electron chi connectivity index (χ3n) is 5.42. The fourth-order valence-corrected chi connectivity index (χ4v) is 4.65. The number of benzene rings is 2. The molecule has 10 heteroatoms. The maximum Gasteiger partial charge on any atom is 0.269 e. The highest BCUT2D eigenvalue weighted by atomic mass is 35.5. The Morgan fingerprint density at radius 2 is 1.71 bits per heavy atom. The summed E-state index contributed by atoms with van der Waals surface area (Å²) >= 11 is 14.1. The molecule has 2 rings (SSSR count). The first-order valence-corrected chi connectivity index (χ1v) is 12.9. The molecule has 2 aromatic carbocycles. The minimum atomic E-state index is -0.672. The minimum absolute atomic E-state index is 0.0149. The van der Waals surface area contributed by atoms with Crippen LogP contribution in [0.5, 0.6) is 0 Å². The van der Waals surface area contributed by atoms with Crippen molar-refractivity contribution in [1.29, 1.82) is 0 Å². The Labute approximate surface area is 214 Å². The van der Waals surface area contributed by atoms with Crippen LogP contribution < -0.4 is 5.32 Å². The van der Waals surface area contributed by atoms with Gasteiger partial charge in [0.1, 0.15) is 6.04 Å². The van der Waals surface area contributed by atoms with E-state index in [0.717, 1.165) is 12.0 Å². The van der Waals surface area contributed by atoms with E-state index in [1.807, 2.05) is 20.8 Å². The number of thioether (sulfide) groups is 1. The van der Waals surface area contributed by atoms with Gasteiger partial charge in [-0.25, -0.2) is 0 Å². The van der Waals surface area contributed by atoms with E-state index in [0.29, 0.717) is 27.8 Å². The van der Waals surface area contributed by atoms with Crippen molar-refractivity contribution in [3.05, 3.63) is 73.8 Å². The normalized spacial score (nSPS) is 12.6. The average molecular weight is 526 g/mol. The summed E-state index contributed by atoms with van der Waals surface area (Å²) in [5, 5.41) is 14.7. The highest BCUT2D eigenvalue weighted by Crippen LogP contribution is 2.27. The molecule has 0 aliphatic rings. The lowest BCUT2D eigenvalue weighted by Crippen LogP contribution is -2.51. The molecule has 0 heterocycles. The van der Waals surface area contributed by atoms with Gasteiger partial charge in [0.15, 0.2) is 0 Å². The Bertz CT molecular complexity index is 984. The number of amides is 2. The lowest BCUT2D eigenvalue weighted by atomic mass is 10.1. The molecule has 0 aliphatic carbocycles. The number of nitro benzene ring substituents is 1. The molecule has 0 spiro atoms. The standard InChI is InChI=1S/C24H29Cl2N3O4S/c1-4-16(3)27-24(31)22(5-2)28(13-19-20(25)7-6-8-21(19)26)23(30)15-34-14-17-9-11-18(12-10-17)29(32)33/h6-12,16,22H,4-5,13-15H2,1-3H3,(H,27,31). The van der Waals surface area contributed by atoms with E-state index in [2.05, 4.69) is 5.32 Å². The summed E-state index contributed by atoms with van der Waals surface area (Å²) in [7, 11) is 0. The molecule has 1 N–H and O–H groups in total. The summed E-state index contributed by atoms with van der Waals surface area (Å²) in [6.07, 6.45) is 1.21. The minimum Gasteiger partial charge on any atom is -0.352 e. The summed E-state index contributed by atoms with van der Waals surface area (Å²) in [6.45, 7) is 5.87. The largest absolute Gasteiger partial charge is 0.352 e. The van der Waals surface area contributed by atoms with E-state index < -0.39 is 11.0 Å². The van der Waals surface area contributed by atoms with Crippen molar-refractivity contribution in [3.8, 4) is 0 Å². The molecule has 34 heavy (non-hydrogen) atoms. The smallest absolute Gasteiger partial charge is 0.269 e. The van der Waals surface area contributed by atoms with Crippen LogP contribution in [0.25, 0.3) is 0 Å². The first-order chi connectivity index (χ1) is 16.2. The maximum atomic E-state index is 13.3. The lowest BCUT2D eigenvalue weighted by molar-refractivity contribution is -0.384. The number of hydrogen-bond acceptors (Lipinski definition) is 5. The zero-order chi connectivity index (χ0) is 25.3. The highest BCUT2D eigenvalue weighted by molar-refractivity contribution is 7.99. The Balaban J connectivity index is 2.18. The van der Waals surface area contributed by atoms with Gasteiger partial charge in [-0.3, -0.25) is 19.7 Å². The fraction of sp³-hybridized carbons (Fsp3) is 0.417. The van der Waals surface area contributed by atoms with E-state index in [-0.39, 0.29) is 35.8 Å². The van der Waals surface area contributed by atoms with Gasteiger partial charge in [-0.05, 0) is 37.5 Å². The van der Waals surface area contributed by atoms with Gasteiger partial charge < -0.3 is 10.2 Å². The van der Waals surface area contributed by atoms with Crippen LogP contribution >= 0.6 is 35.0 Å². The number of non-ortho nitro benzene ring substituents is 1. The molecule has 0 radical (unpaired) electrons. The van der Waals surface area contributed by atoms with Crippen LogP contribution in [0.15, 0.2) is 42.5 Å². The molecular formula is C24H29Cl2N3O4S. The fourth-order valence-electron chi connectivity index (χ4n) is 3.27. The van der Waals surface area contributed by atoms with Gasteiger partial charge in [0, 0.05) is 46.1 Å². The molecule has 0 fully saturated rings. The molecule has 0 saturated heterocycles. The molecule has 2 unspecified atom stereocenters. The van der Waals surface area contributed by atoms with Crippen LogP contribution in [0.1, 0.15) is 44.7 Å². The number of halogens is 2. The molecule has 2 aromatic rings. The van der Waals surface area contributed by atoms with Crippen LogP contribution in [0, 0.1) is 10.1 Å². The Morgan fingerprint density at radius 1 is 1.09 bits per heavy atom. The van der Waals surface area contributed by atoms with Crippen LogP contribution in [0.4, 0.5) is 5.69 Å². The third kappa shape index (κ3) is 7.89. The average Bonchev–Trinajstić information content (AvgIpc) is 2.80. The second-order valence-corrected chi connectivity index (χ2v) is 9.68. The number of hydrogen-bond donors (Lipinski definition) is 1. The zero-order valence-electron chi connectivity index (χ0n) is 19.4. The van der Waals surface area contributed by atoms with E-state index in [1.54, 1.807) is 30.3 Å². The summed E-state index contributed by atoms with van der Waals surface area (Å²) in [5.41, 5.74) is 1.48. The summed E-state index contributed by atoms with van der Waals surface area (Å²) in [6, 6.07) is 10.7. The molecule has 0 aromatic heterocycles. The molecule has 0 saturated carbocycles. The Morgan fingerprint density at radius 3 is 2.24 bits per heavy atom. The number of rotatable bonds is 12. The monoisotopic (exact) mass is 525 g/mol. The predicted octanol–water partition coefficient (Wildman–Crippen LogP) is 5.86. The van der Waals surface area contributed by atoms with Crippen LogP contribution in [-0.4, -0.2) is 39.5 Å². The van der Waals surface area contributed by atoms with E-state index in [9.17, 15) is 19.7 Å². The van der Waals surface area contributed by atoms with E-state index in [4.69, 9.17) is 23.2 Å². The first-order valence-electron chi connectivity index (χ1n) is 11.0. The molecular weight excluding hydrogens is 497 g/mol. The Kier molecular flexibility index (Phi) is 11.1. The predicted molar refractivity (Wildman–Crippen MR) is 138 cm³/mol. The van der Waals surface area contributed by atoms with Gasteiger partial charge in [-0.1, -0.05) is 55.2 Å². The van der Waals surface area contributed by atoms with Gasteiger partial charge in [-0.15, -0.1) is 11.8 Å². The second kappa shape index (κ2) is 13.6. The van der Waals surface area contributed by atoms with Crippen LogP contribution in [0.3, 0.4) is 0 Å². The van der Waals surface area contributed by atoms with Gasteiger partial charge in [0.25, 0.3) is 5.69 Å². The van der Waals surface area contributed by atoms with Gasteiger partial charge in [-0.2, -0.15) is 0 Å². The maximum absolute atomic E-state index is 13.3. The summed E-state index contributed by atoms with van der Waals surface area (Å²) in [5.74, 6) is 0.203. The SMILES string of the molecule is CCC(C)NC(=O)C(CC)N(Cc1c(Cl)cccc1Cl)C(=O)CSCc1ccc([N+](=O)[O-])cc1. The highest BCUT2D eigenvalue weighted by Gasteiger charge is 2.30. The van der Waals surface area contributed by atoms with Crippen LogP contribution in [-0.2, 0) is 21.9 Å². The van der Waals surface area contributed by atoms with Crippen molar-refractivity contribution in [2.75, 3.05) is 5.75 Å². The summed E-state index contributed by atoms with van der Waals surface area (Å²) in [4.78, 5) is 38.2. The number of nitrogens with one attached hydrogen (secondary N) is 1. The van der Waals surface area contributed by atoms with E-state index >= 15 is 0 Å². The third-order valence-corrected chi connectivity index (χ3v) is 7.12. The molecule has 2 atom stereocenters. The molecule has 0 aliphatic heterocycles. The van der Waals surface area contributed by atoms with Gasteiger partial charge >= 0.3 is 0 Å². The molecule has 2 amide bonds. The number of carbonyl (C=O) groups excluding carboxylic acids is 2. The van der Waals surface area contributed by atoms with Gasteiger partial charge in [0.05, 0.1) is 10.7 Å². The number of nitro groups is 1. The number of carbonyl (C=O) groups is 2. The van der Waals surface area contributed by atoms with Crippen molar-refractivity contribution in [2.24, 2.45) is 0 Å². The van der Waals surface area contributed by atoms with Crippen LogP contribution in [0.2, 0.25) is 10.0 Å². The molecule has 184 valence electrons. The zero-order valence-corrected chi connectivity index (χ0v) is 21.8. The lowest BCUT2D eigenvalue weighted by Gasteiger charge is -2.32. The van der Waals surface area contributed by atoms with Crippen molar-refractivity contribution in [3.63, 3.8) is 0 Å². The summed E-state index contributed by atoms with van der Waals surface area (Å²) < 4.78 is 0. The molecule has 7 nitrogen and oxygen atoms in total. The second-order valence-electron chi connectivity index (χ2n) is 7.88. The van der Waals surface area contributed by atoms with Crippen molar-refractivity contribution in [1.82, 2.24) is 10.2 Å². The quantitative estimate of drug-likeness (QED) is 0.276. The van der Waals surface area contributed by atoms with Crippen molar-refractivity contribution >= 4 is 52.5 Å². The van der Waals surface area contributed by atoms with Gasteiger partial charge in [0.2, 0.25) is 11.8 Å². The first kappa shape index (κ1) is 28.0.